The third-order valence-electron chi connectivity index (χ3n) is 5.17. The van der Waals surface area contributed by atoms with E-state index in [-0.39, 0.29) is 12.1 Å². The second kappa shape index (κ2) is 4.92. The first-order valence-corrected chi connectivity index (χ1v) is 7.54. The van der Waals surface area contributed by atoms with Gasteiger partial charge in [-0.3, -0.25) is 4.90 Å². The summed E-state index contributed by atoms with van der Waals surface area (Å²) in [6, 6.07) is 0.430. The normalized spacial score (nSPS) is 32.1. The molecule has 1 unspecified atom stereocenters. The molecule has 0 aromatic carbocycles. The van der Waals surface area contributed by atoms with Crippen LogP contribution in [0.5, 0.6) is 0 Å². The molecule has 110 valence electrons. The number of hydrogen-bond donors (Lipinski definition) is 1. The molecule has 1 spiro atoms. The summed E-state index contributed by atoms with van der Waals surface area (Å²) in [5, 5.41) is 3.62. The van der Waals surface area contributed by atoms with E-state index < -0.39 is 12.6 Å². The van der Waals surface area contributed by atoms with Crippen LogP contribution in [0.2, 0.25) is 0 Å². The maximum Gasteiger partial charge on any atom is 0.390 e. The number of alkyl halides is 3. The molecule has 3 rings (SSSR count). The van der Waals surface area contributed by atoms with E-state index in [1.165, 1.54) is 12.8 Å². The SMILES string of the molecule is FC(F)(F)CCN1CC(C2CC2)NCC12CCCC2. The summed E-state index contributed by atoms with van der Waals surface area (Å²) < 4.78 is 37.5. The zero-order chi connectivity index (χ0) is 13.5. The summed E-state index contributed by atoms with van der Waals surface area (Å²) in [7, 11) is 0. The summed E-state index contributed by atoms with van der Waals surface area (Å²) in [5.41, 5.74) is 0.0244. The Morgan fingerprint density at radius 2 is 1.84 bits per heavy atom. The predicted octanol–water partition coefficient (Wildman–Crippen LogP) is 2.94. The highest BCUT2D eigenvalue weighted by molar-refractivity contribution is 5.04. The molecule has 1 saturated heterocycles. The fourth-order valence-electron chi connectivity index (χ4n) is 3.86. The van der Waals surface area contributed by atoms with Crippen LogP contribution in [-0.2, 0) is 0 Å². The summed E-state index contributed by atoms with van der Waals surface area (Å²) >= 11 is 0. The van der Waals surface area contributed by atoms with E-state index in [1.807, 2.05) is 0 Å². The quantitative estimate of drug-likeness (QED) is 0.852. The number of piperazine rings is 1. The monoisotopic (exact) mass is 276 g/mol. The molecule has 0 amide bonds. The van der Waals surface area contributed by atoms with E-state index in [4.69, 9.17) is 0 Å². The average molecular weight is 276 g/mol. The van der Waals surface area contributed by atoms with Crippen molar-refractivity contribution in [2.75, 3.05) is 19.6 Å². The van der Waals surface area contributed by atoms with Gasteiger partial charge in [0, 0.05) is 31.2 Å². The Kier molecular flexibility index (Phi) is 3.54. The fraction of sp³-hybridized carbons (Fsp3) is 1.00. The van der Waals surface area contributed by atoms with Gasteiger partial charge in [-0.05, 0) is 31.6 Å². The van der Waals surface area contributed by atoms with Gasteiger partial charge in [0.1, 0.15) is 0 Å². The lowest BCUT2D eigenvalue weighted by atomic mass is 9.89. The van der Waals surface area contributed by atoms with Gasteiger partial charge >= 0.3 is 6.18 Å². The van der Waals surface area contributed by atoms with E-state index >= 15 is 0 Å². The highest BCUT2D eigenvalue weighted by atomic mass is 19.4. The van der Waals surface area contributed by atoms with Crippen molar-refractivity contribution in [3.05, 3.63) is 0 Å². The second-order valence-electron chi connectivity index (χ2n) is 6.57. The van der Waals surface area contributed by atoms with Gasteiger partial charge in [0.2, 0.25) is 0 Å². The summed E-state index contributed by atoms with van der Waals surface area (Å²) in [6.07, 6.45) is 2.27. The number of nitrogens with zero attached hydrogens (tertiary/aromatic N) is 1. The molecule has 1 N–H and O–H groups in total. The predicted molar refractivity (Wildman–Crippen MR) is 68.0 cm³/mol. The van der Waals surface area contributed by atoms with Crippen molar-refractivity contribution in [2.24, 2.45) is 5.92 Å². The molecular weight excluding hydrogens is 253 g/mol. The zero-order valence-electron chi connectivity index (χ0n) is 11.3. The molecule has 2 nitrogen and oxygen atoms in total. The van der Waals surface area contributed by atoms with E-state index in [9.17, 15) is 13.2 Å². The third-order valence-corrected chi connectivity index (χ3v) is 5.17. The molecule has 3 aliphatic rings. The van der Waals surface area contributed by atoms with Crippen molar-refractivity contribution < 1.29 is 13.2 Å². The van der Waals surface area contributed by atoms with Gasteiger partial charge in [0.25, 0.3) is 0 Å². The van der Waals surface area contributed by atoms with Crippen molar-refractivity contribution in [2.45, 2.75) is 62.7 Å². The van der Waals surface area contributed by atoms with Crippen LogP contribution in [-0.4, -0.2) is 42.3 Å². The second-order valence-corrected chi connectivity index (χ2v) is 6.57. The van der Waals surface area contributed by atoms with Crippen molar-refractivity contribution in [3.8, 4) is 0 Å². The smallest absolute Gasteiger partial charge is 0.311 e. The molecule has 0 aromatic heterocycles. The van der Waals surface area contributed by atoms with Crippen LogP contribution in [0, 0.1) is 5.92 Å². The number of hydrogen-bond acceptors (Lipinski definition) is 2. The topological polar surface area (TPSA) is 15.3 Å². The number of rotatable bonds is 3. The van der Waals surface area contributed by atoms with Crippen LogP contribution in [0.4, 0.5) is 13.2 Å². The minimum absolute atomic E-state index is 0.0244. The largest absolute Gasteiger partial charge is 0.390 e. The van der Waals surface area contributed by atoms with Gasteiger partial charge < -0.3 is 5.32 Å². The highest BCUT2D eigenvalue weighted by Gasteiger charge is 2.47. The molecule has 19 heavy (non-hydrogen) atoms. The Morgan fingerprint density at radius 3 is 2.42 bits per heavy atom. The first-order valence-electron chi connectivity index (χ1n) is 7.54. The summed E-state index contributed by atoms with van der Waals surface area (Å²) in [5.74, 6) is 0.715. The maximum atomic E-state index is 12.5. The maximum absolute atomic E-state index is 12.5. The van der Waals surface area contributed by atoms with Crippen LogP contribution >= 0.6 is 0 Å². The van der Waals surface area contributed by atoms with Gasteiger partial charge in [-0.2, -0.15) is 13.2 Å². The Morgan fingerprint density at radius 1 is 1.16 bits per heavy atom. The van der Waals surface area contributed by atoms with Gasteiger partial charge in [-0.15, -0.1) is 0 Å². The molecule has 0 bridgehead atoms. The van der Waals surface area contributed by atoms with E-state index in [0.29, 0.717) is 12.0 Å². The van der Waals surface area contributed by atoms with Crippen molar-refractivity contribution in [1.29, 1.82) is 0 Å². The van der Waals surface area contributed by atoms with Crippen LogP contribution in [0.15, 0.2) is 0 Å². The molecule has 1 heterocycles. The lowest BCUT2D eigenvalue weighted by Crippen LogP contribution is -2.64. The molecule has 1 atom stereocenters. The van der Waals surface area contributed by atoms with Crippen LogP contribution in [0.1, 0.15) is 44.9 Å². The lowest BCUT2D eigenvalue weighted by molar-refractivity contribution is -0.143. The zero-order valence-corrected chi connectivity index (χ0v) is 11.3. The first-order chi connectivity index (χ1) is 8.99. The van der Waals surface area contributed by atoms with Crippen LogP contribution < -0.4 is 5.32 Å². The number of halogens is 3. The van der Waals surface area contributed by atoms with Crippen LogP contribution in [0.25, 0.3) is 0 Å². The molecule has 3 fully saturated rings. The van der Waals surface area contributed by atoms with E-state index in [0.717, 1.165) is 38.8 Å². The molecule has 0 radical (unpaired) electrons. The Bertz CT molecular complexity index is 319. The molecule has 1 aliphatic heterocycles. The molecule has 2 aliphatic carbocycles. The minimum Gasteiger partial charge on any atom is -0.311 e. The fourth-order valence-corrected chi connectivity index (χ4v) is 3.86. The lowest BCUT2D eigenvalue weighted by Gasteiger charge is -2.48. The van der Waals surface area contributed by atoms with Gasteiger partial charge in [-0.25, -0.2) is 0 Å². The molecular formula is C14H23F3N2. The third kappa shape index (κ3) is 3.07. The summed E-state index contributed by atoms with van der Waals surface area (Å²) in [6.45, 7) is 1.90. The average Bonchev–Trinajstić information content (AvgIpc) is 3.09. The summed E-state index contributed by atoms with van der Waals surface area (Å²) in [4.78, 5) is 2.17. The van der Waals surface area contributed by atoms with Gasteiger partial charge in [0.15, 0.2) is 0 Å². The Balaban J connectivity index is 1.65. The van der Waals surface area contributed by atoms with Crippen molar-refractivity contribution in [1.82, 2.24) is 10.2 Å². The van der Waals surface area contributed by atoms with Crippen molar-refractivity contribution in [3.63, 3.8) is 0 Å². The molecule has 0 aromatic rings. The highest BCUT2D eigenvalue weighted by Crippen LogP contribution is 2.41. The minimum atomic E-state index is -4.03. The standard InChI is InChI=1S/C14H23F3N2/c15-14(16,17)7-8-19-9-12(11-3-4-11)18-10-13(19)5-1-2-6-13/h11-12,18H,1-10H2. The van der Waals surface area contributed by atoms with Crippen molar-refractivity contribution >= 4 is 0 Å². The van der Waals surface area contributed by atoms with Crippen LogP contribution in [0.3, 0.4) is 0 Å². The molecule has 2 saturated carbocycles. The Labute approximate surface area is 112 Å². The van der Waals surface area contributed by atoms with E-state index in [2.05, 4.69) is 10.2 Å². The first kappa shape index (κ1) is 13.7. The van der Waals surface area contributed by atoms with Gasteiger partial charge in [-0.1, -0.05) is 12.8 Å². The Hall–Kier alpha value is -0.290. The number of nitrogens with one attached hydrogen (secondary N) is 1. The molecule has 5 heteroatoms. The van der Waals surface area contributed by atoms with E-state index in [1.54, 1.807) is 0 Å². The van der Waals surface area contributed by atoms with Gasteiger partial charge in [0.05, 0.1) is 6.42 Å².